The summed E-state index contributed by atoms with van der Waals surface area (Å²) < 4.78 is 4.80. The number of hydrogen-bond acceptors (Lipinski definition) is 3. The Kier molecular flexibility index (Phi) is 5.25. The standard InChI is InChI=1S/C8H15NO2.ClH/c1-2-11-8(10)7(9)6-4-3-5-6;/h6-7H,2-5,9H2,1H3;1H/t7-;/m1./s1. The number of halogens is 1. The van der Waals surface area contributed by atoms with Gasteiger partial charge in [-0.05, 0) is 25.7 Å². The zero-order chi connectivity index (χ0) is 8.27. The molecule has 1 rings (SSSR count). The minimum Gasteiger partial charge on any atom is -0.465 e. The topological polar surface area (TPSA) is 52.3 Å². The molecule has 1 aliphatic rings. The Labute approximate surface area is 79.1 Å². The molecule has 1 atom stereocenters. The van der Waals surface area contributed by atoms with Crippen molar-refractivity contribution < 1.29 is 9.53 Å². The average molecular weight is 194 g/mol. The molecule has 0 saturated heterocycles. The maximum atomic E-state index is 11.0. The van der Waals surface area contributed by atoms with Crippen molar-refractivity contribution in [1.82, 2.24) is 0 Å². The van der Waals surface area contributed by atoms with E-state index in [9.17, 15) is 4.79 Å². The van der Waals surface area contributed by atoms with Gasteiger partial charge in [0.05, 0.1) is 6.61 Å². The van der Waals surface area contributed by atoms with E-state index in [2.05, 4.69) is 0 Å². The molecule has 1 saturated carbocycles. The highest BCUT2D eigenvalue weighted by Crippen LogP contribution is 2.28. The number of esters is 1. The van der Waals surface area contributed by atoms with Crippen molar-refractivity contribution in [1.29, 1.82) is 0 Å². The summed E-state index contributed by atoms with van der Waals surface area (Å²) in [6.45, 7) is 2.23. The summed E-state index contributed by atoms with van der Waals surface area (Å²) >= 11 is 0. The second-order valence-corrected chi connectivity index (χ2v) is 2.97. The maximum Gasteiger partial charge on any atom is 0.323 e. The number of hydrogen-bond donors (Lipinski definition) is 1. The first-order valence-electron chi connectivity index (χ1n) is 4.18. The average Bonchev–Trinajstić information content (AvgIpc) is 1.84. The van der Waals surface area contributed by atoms with Gasteiger partial charge in [0, 0.05) is 0 Å². The quantitative estimate of drug-likeness (QED) is 0.683. The van der Waals surface area contributed by atoms with E-state index in [4.69, 9.17) is 10.5 Å². The summed E-state index contributed by atoms with van der Waals surface area (Å²) in [7, 11) is 0. The van der Waals surface area contributed by atoms with Crippen LogP contribution in [0.25, 0.3) is 0 Å². The second-order valence-electron chi connectivity index (χ2n) is 2.97. The molecule has 12 heavy (non-hydrogen) atoms. The van der Waals surface area contributed by atoms with E-state index in [0.29, 0.717) is 12.5 Å². The number of ether oxygens (including phenoxy) is 1. The summed E-state index contributed by atoms with van der Waals surface area (Å²) in [6, 6.07) is -0.372. The summed E-state index contributed by atoms with van der Waals surface area (Å²) in [5.74, 6) is 0.145. The summed E-state index contributed by atoms with van der Waals surface area (Å²) in [6.07, 6.45) is 3.37. The zero-order valence-corrected chi connectivity index (χ0v) is 8.10. The predicted octanol–water partition coefficient (Wildman–Crippen LogP) is 1.10. The monoisotopic (exact) mass is 193 g/mol. The Balaban J connectivity index is 0.00000121. The fourth-order valence-electron chi connectivity index (χ4n) is 1.23. The van der Waals surface area contributed by atoms with Crippen LogP contribution in [0, 0.1) is 5.92 Å². The fraction of sp³-hybridized carbons (Fsp3) is 0.875. The lowest BCUT2D eigenvalue weighted by molar-refractivity contribution is -0.146. The molecule has 0 spiro atoms. The van der Waals surface area contributed by atoms with Crippen molar-refractivity contribution in [2.45, 2.75) is 32.2 Å². The smallest absolute Gasteiger partial charge is 0.323 e. The minimum atomic E-state index is -0.372. The van der Waals surface area contributed by atoms with Gasteiger partial charge in [-0.2, -0.15) is 0 Å². The van der Waals surface area contributed by atoms with Gasteiger partial charge in [0.15, 0.2) is 0 Å². The van der Waals surface area contributed by atoms with Gasteiger partial charge in [-0.25, -0.2) is 0 Å². The Morgan fingerprint density at radius 3 is 2.58 bits per heavy atom. The molecule has 0 unspecified atom stereocenters. The van der Waals surface area contributed by atoms with Crippen molar-refractivity contribution in [2.24, 2.45) is 11.7 Å². The highest BCUT2D eigenvalue weighted by molar-refractivity contribution is 5.85. The molecule has 0 radical (unpaired) electrons. The van der Waals surface area contributed by atoms with E-state index in [-0.39, 0.29) is 24.4 Å². The van der Waals surface area contributed by atoms with Gasteiger partial charge in [0.25, 0.3) is 0 Å². The molecule has 0 aromatic heterocycles. The van der Waals surface area contributed by atoms with Crippen molar-refractivity contribution in [2.75, 3.05) is 6.61 Å². The largest absolute Gasteiger partial charge is 0.465 e. The van der Waals surface area contributed by atoms with Crippen molar-refractivity contribution >= 4 is 18.4 Å². The Hall–Kier alpha value is -0.280. The van der Waals surface area contributed by atoms with Crippen LogP contribution in [0.3, 0.4) is 0 Å². The van der Waals surface area contributed by atoms with Crippen LogP contribution in [0.2, 0.25) is 0 Å². The van der Waals surface area contributed by atoms with Crippen LogP contribution >= 0.6 is 12.4 Å². The molecule has 0 heterocycles. The van der Waals surface area contributed by atoms with Crippen LogP contribution < -0.4 is 5.73 Å². The van der Waals surface area contributed by atoms with Crippen LogP contribution in [0.15, 0.2) is 0 Å². The Morgan fingerprint density at radius 2 is 2.25 bits per heavy atom. The van der Waals surface area contributed by atoms with Gasteiger partial charge in [-0.1, -0.05) is 6.42 Å². The van der Waals surface area contributed by atoms with Crippen LogP contribution in [0.4, 0.5) is 0 Å². The number of rotatable bonds is 3. The molecule has 0 aliphatic heterocycles. The third kappa shape index (κ3) is 2.64. The molecule has 0 aromatic rings. The van der Waals surface area contributed by atoms with Gasteiger partial charge in [-0.15, -0.1) is 12.4 Å². The lowest BCUT2D eigenvalue weighted by Crippen LogP contribution is -2.42. The van der Waals surface area contributed by atoms with Gasteiger partial charge >= 0.3 is 5.97 Å². The first-order chi connectivity index (χ1) is 5.25. The molecule has 3 nitrogen and oxygen atoms in total. The molecule has 4 heteroatoms. The van der Waals surface area contributed by atoms with Crippen molar-refractivity contribution in [3.05, 3.63) is 0 Å². The number of carbonyl (C=O) groups is 1. The molecule has 2 N–H and O–H groups in total. The predicted molar refractivity (Wildman–Crippen MR) is 49.2 cm³/mol. The summed E-state index contributed by atoms with van der Waals surface area (Å²) in [5, 5.41) is 0. The highest BCUT2D eigenvalue weighted by atomic mass is 35.5. The van der Waals surface area contributed by atoms with Gasteiger partial charge in [0.2, 0.25) is 0 Å². The SMILES string of the molecule is CCOC(=O)[C@H](N)C1CCC1.Cl. The molecule has 72 valence electrons. The Morgan fingerprint density at radius 1 is 1.67 bits per heavy atom. The summed E-state index contributed by atoms with van der Waals surface area (Å²) in [5.41, 5.74) is 5.63. The van der Waals surface area contributed by atoms with Crippen LogP contribution in [0.1, 0.15) is 26.2 Å². The molecule has 0 amide bonds. The van der Waals surface area contributed by atoms with Crippen LogP contribution in [0.5, 0.6) is 0 Å². The van der Waals surface area contributed by atoms with Gasteiger partial charge in [-0.3, -0.25) is 4.79 Å². The van der Waals surface area contributed by atoms with Crippen LogP contribution in [-0.2, 0) is 9.53 Å². The van der Waals surface area contributed by atoms with Crippen molar-refractivity contribution in [3.63, 3.8) is 0 Å². The van der Waals surface area contributed by atoms with Gasteiger partial charge < -0.3 is 10.5 Å². The van der Waals surface area contributed by atoms with Crippen LogP contribution in [-0.4, -0.2) is 18.6 Å². The lowest BCUT2D eigenvalue weighted by Gasteiger charge is -2.29. The molecular formula is C8H16ClNO2. The normalized spacial score (nSPS) is 18.8. The zero-order valence-electron chi connectivity index (χ0n) is 7.29. The number of nitrogens with two attached hydrogens (primary N) is 1. The first-order valence-corrected chi connectivity index (χ1v) is 4.18. The van der Waals surface area contributed by atoms with E-state index < -0.39 is 0 Å². The van der Waals surface area contributed by atoms with Gasteiger partial charge in [0.1, 0.15) is 6.04 Å². The minimum absolute atomic E-state index is 0. The third-order valence-electron chi connectivity index (χ3n) is 2.22. The molecular weight excluding hydrogens is 178 g/mol. The van der Waals surface area contributed by atoms with E-state index in [1.807, 2.05) is 0 Å². The van der Waals surface area contributed by atoms with E-state index >= 15 is 0 Å². The molecule has 1 aliphatic carbocycles. The van der Waals surface area contributed by atoms with Crippen molar-refractivity contribution in [3.8, 4) is 0 Å². The van der Waals surface area contributed by atoms with E-state index in [1.54, 1.807) is 6.92 Å². The highest BCUT2D eigenvalue weighted by Gasteiger charge is 2.30. The molecule has 0 bridgehead atoms. The fourth-order valence-corrected chi connectivity index (χ4v) is 1.23. The molecule has 0 aromatic carbocycles. The van der Waals surface area contributed by atoms with E-state index in [1.165, 1.54) is 6.42 Å². The Bertz CT molecular complexity index is 148. The third-order valence-corrected chi connectivity index (χ3v) is 2.22. The number of carbonyl (C=O) groups excluding carboxylic acids is 1. The summed E-state index contributed by atoms with van der Waals surface area (Å²) in [4.78, 5) is 11.0. The molecule has 1 fully saturated rings. The maximum absolute atomic E-state index is 11.0. The van der Waals surface area contributed by atoms with E-state index in [0.717, 1.165) is 12.8 Å². The second kappa shape index (κ2) is 5.38. The lowest BCUT2D eigenvalue weighted by atomic mass is 9.80. The first kappa shape index (κ1) is 11.7.